The van der Waals surface area contributed by atoms with Gasteiger partial charge in [-0.3, -0.25) is 4.79 Å². The van der Waals surface area contributed by atoms with Crippen LogP contribution in [-0.2, 0) is 16.0 Å². The molecule has 0 radical (unpaired) electrons. The zero-order valence-corrected chi connectivity index (χ0v) is 14.7. The molecule has 0 bridgehead atoms. The van der Waals surface area contributed by atoms with Gasteiger partial charge in [0.05, 0.1) is 7.11 Å². The zero-order chi connectivity index (χ0) is 18.7. The number of hydrogen-bond donors (Lipinski definition) is 1. The van der Waals surface area contributed by atoms with Crippen molar-refractivity contribution in [1.29, 1.82) is 0 Å². The Morgan fingerprint density at radius 3 is 2.64 bits per heavy atom. The van der Waals surface area contributed by atoms with Crippen LogP contribution in [0, 0.1) is 6.92 Å². The number of rotatable bonds is 6. The number of nitrogens with zero attached hydrogens (tertiary/aromatic N) is 1. The summed E-state index contributed by atoms with van der Waals surface area (Å²) < 4.78 is 10.5. The molecule has 1 aromatic carbocycles. The summed E-state index contributed by atoms with van der Waals surface area (Å²) in [5.41, 5.74) is 1.09. The van der Waals surface area contributed by atoms with Crippen molar-refractivity contribution in [2.24, 2.45) is 0 Å². The Balaban J connectivity index is 2.25. The largest absolute Gasteiger partial charge is 0.497 e. The first-order valence-corrected chi connectivity index (χ1v) is 7.85. The molecule has 1 atom stereocenters. The van der Waals surface area contributed by atoms with Crippen molar-refractivity contribution in [1.82, 2.24) is 4.90 Å². The quantitative estimate of drug-likeness (QED) is 0.803. The number of fused-ring (bicyclic) bond motifs is 1. The molecule has 134 valence electrons. The Morgan fingerprint density at radius 1 is 1.36 bits per heavy atom. The predicted octanol–water partition coefficient (Wildman–Crippen LogP) is 1.97. The van der Waals surface area contributed by atoms with Crippen molar-refractivity contribution in [3.8, 4) is 5.75 Å². The molecule has 2 rings (SSSR count). The molecule has 0 saturated heterocycles. The maximum atomic E-state index is 12.3. The summed E-state index contributed by atoms with van der Waals surface area (Å²) in [6.45, 7) is 3.23. The van der Waals surface area contributed by atoms with Gasteiger partial charge in [-0.25, -0.2) is 9.59 Å². The van der Waals surface area contributed by atoms with E-state index in [1.54, 1.807) is 25.1 Å². The van der Waals surface area contributed by atoms with Crippen LogP contribution in [-0.4, -0.2) is 42.1 Å². The van der Waals surface area contributed by atoms with E-state index >= 15 is 0 Å². The Hall–Kier alpha value is -2.83. The molecule has 0 aliphatic rings. The molecule has 0 saturated carbocycles. The number of carboxylic acid groups (broad SMARTS) is 1. The average Bonchev–Trinajstić information content (AvgIpc) is 2.59. The number of aryl methyl sites for hydroxylation is 1. The minimum Gasteiger partial charge on any atom is -0.497 e. The second-order valence-corrected chi connectivity index (χ2v) is 5.87. The molecule has 1 amide bonds. The number of carbonyl (C=O) groups excluding carboxylic acids is 1. The van der Waals surface area contributed by atoms with Crippen LogP contribution >= 0.6 is 0 Å². The number of methoxy groups -OCH3 is 1. The van der Waals surface area contributed by atoms with Crippen LogP contribution in [0.2, 0.25) is 0 Å². The lowest BCUT2D eigenvalue weighted by molar-refractivity contribution is -0.148. The number of benzene rings is 1. The van der Waals surface area contributed by atoms with Crippen molar-refractivity contribution in [2.75, 3.05) is 14.2 Å². The molecule has 0 aliphatic heterocycles. The number of carboxylic acids is 1. The lowest BCUT2D eigenvalue weighted by atomic mass is 10.0. The van der Waals surface area contributed by atoms with Gasteiger partial charge in [-0.05, 0) is 38.0 Å². The second-order valence-electron chi connectivity index (χ2n) is 5.87. The third kappa shape index (κ3) is 3.81. The predicted molar refractivity (Wildman–Crippen MR) is 92.0 cm³/mol. The number of ether oxygens (including phenoxy) is 1. The van der Waals surface area contributed by atoms with E-state index in [9.17, 15) is 14.4 Å². The Kier molecular flexibility index (Phi) is 5.46. The summed E-state index contributed by atoms with van der Waals surface area (Å²) in [5.74, 6) is -0.836. The third-order valence-electron chi connectivity index (χ3n) is 4.42. The lowest BCUT2D eigenvalue weighted by Gasteiger charge is -2.21. The van der Waals surface area contributed by atoms with Gasteiger partial charge >= 0.3 is 11.6 Å². The molecule has 0 fully saturated rings. The minimum absolute atomic E-state index is 0.0291. The molecule has 1 unspecified atom stereocenters. The maximum absolute atomic E-state index is 12.3. The molecule has 0 aliphatic carbocycles. The molecule has 2 aromatic rings. The Bertz CT molecular complexity index is 870. The van der Waals surface area contributed by atoms with Gasteiger partial charge in [0, 0.05) is 30.5 Å². The molecule has 7 heteroatoms. The lowest BCUT2D eigenvalue weighted by Crippen LogP contribution is -2.40. The minimum atomic E-state index is -1.08. The highest BCUT2D eigenvalue weighted by molar-refractivity contribution is 5.84. The number of aliphatic carboxylic acids is 1. The first-order chi connectivity index (χ1) is 11.8. The van der Waals surface area contributed by atoms with E-state index < -0.39 is 17.6 Å². The summed E-state index contributed by atoms with van der Waals surface area (Å²) in [4.78, 5) is 36.5. The summed E-state index contributed by atoms with van der Waals surface area (Å²) >= 11 is 0. The fourth-order valence-corrected chi connectivity index (χ4v) is 2.58. The summed E-state index contributed by atoms with van der Waals surface area (Å²) in [5, 5.41) is 9.74. The standard InChI is InChI=1S/C18H21NO6/c1-10-13-6-5-12(24-4)9-15(13)25-18(23)14(10)7-8-16(20)19(3)11(2)17(21)22/h5-6,9,11H,7-8H2,1-4H3,(H,21,22). The van der Waals surface area contributed by atoms with Crippen molar-refractivity contribution in [3.05, 3.63) is 39.7 Å². The highest BCUT2D eigenvalue weighted by atomic mass is 16.5. The van der Waals surface area contributed by atoms with E-state index in [1.807, 2.05) is 0 Å². The van der Waals surface area contributed by atoms with Gasteiger partial charge in [0.15, 0.2) is 0 Å². The highest BCUT2D eigenvalue weighted by Crippen LogP contribution is 2.24. The smallest absolute Gasteiger partial charge is 0.339 e. The normalized spacial score (nSPS) is 12.0. The molecular weight excluding hydrogens is 326 g/mol. The van der Waals surface area contributed by atoms with Gasteiger partial charge in [-0.1, -0.05) is 0 Å². The van der Waals surface area contributed by atoms with Gasteiger partial charge < -0.3 is 19.2 Å². The number of hydrogen-bond acceptors (Lipinski definition) is 5. The monoisotopic (exact) mass is 347 g/mol. The molecule has 1 aromatic heterocycles. The topological polar surface area (TPSA) is 97.0 Å². The highest BCUT2D eigenvalue weighted by Gasteiger charge is 2.22. The van der Waals surface area contributed by atoms with E-state index in [0.717, 1.165) is 15.8 Å². The van der Waals surface area contributed by atoms with E-state index in [1.165, 1.54) is 21.1 Å². The SMILES string of the molecule is COc1ccc2c(C)c(CCC(=O)N(C)C(C)C(=O)O)c(=O)oc2c1. The van der Waals surface area contributed by atoms with E-state index in [2.05, 4.69) is 0 Å². The van der Waals surface area contributed by atoms with Crippen molar-refractivity contribution >= 4 is 22.8 Å². The van der Waals surface area contributed by atoms with Gasteiger partial charge in [-0.15, -0.1) is 0 Å². The first-order valence-electron chi connectivity index (χ1n) is 7.85. The van der Waals surface area contributed by atoms with Gasteiger partial charge in [-0.2, -0.15) is 0 Å². The van der Waals surface area contributed by atoms with E-state index in [-0.39, 0.29) is 18.7 Å². The van der Waals surface area contributed by atoms with Crippen LogP contribution in [0.15, 0.2) is 27.4 Å². The Morgan fingerprint density at radius 2 is 2.04 bits per heavy atom. The maximum Gasteiger partial charge on any atom is 0.339 e. The van der Waals surface area contributed by atoms with Crippen molar-refractivity contribution in [2.45, 2.75) is 32.7 Å². The summed E-state index contributed by atoms with van der Waals surface area (Å²) in [6, 6.07) is 4.29. The Labute approximate surface area is 144 Å². The second kappa shape index (κ2) is 7.38. The van der Waals surface area contributed by atoms with Crippen molar-refractivity contribution < 1.29 is 23.8 Å². The molecule has 1 N–H and O–H groups in total. The van der Waals surface area contributed by atoms with E-state index in [0.29, 0.717) is 16.9 Å². The van der Waals surface area contributed by atoms with Crippen molar-refractivity contribution in [3.63, 3.8) is 0 Å². The fraction of sp³-hybridized carbons (Fsp3) is 0.389. The first kappa shape index (κ1) is 18.5. The number of carbonyl (C=O) groups is 2. The van der Waals surface area contributed by atoms with E-state index in [4.69, 9.17) is 14.3 Å². The van der Waals surface area contributed by atoms with Crippen LogP contribution in [0.1, 0.15) is 24.5 Å². The number of amides is 1. The van der Waals surface area contributed by atoms with Gasteiger partial charge in [0.2, 0.25) is 5.91 Å². The molecule has 7 nitrogen and oxygen atoms in total. The van der Waals surface area contributed by atoms with Crippen LogP contribution in [0.4, 0.5) is 0 Å². The van der Waals surface area contributed by atoms with Crippen LogP contribution < -0.4 is 10.4 Å². The fourth-order valence-electron chi connectivity index (χ4n) is 2.58. The average molecular weight is 347 g/mol. The van der Waals surface area contributed by atoms with Crippen LogP contribution in [0.3, 0.4) is 0 Å². The summed E-state index contributed by atoms with van der Waals surface area (Å²) in [6.07, 6.45) is 0.215. The zero-order valence-electron chi connectivity index (χ0n) is 14.7. The molecular formula is C18H21NO6. The van der Waals surface area contributed by atoms with Gasteiger partial charge in [0.25, 0.3) is 0 Å². The molecule has 25 heavy (non-hydrogen) atoms. The van der Waals surface area contributed by atoms with Crippen LogP contribution in [0.25, 0.3) is 11.0 Å². The summed E-state index contributed by atoms with van der Waals surface area (Å²) in [7, 11) is 2.96. The number of likely N-dealkylation sites (N-methyl/N-ethyl adjacent to an activating group) is 1. The molecule has 0 spiro atoms. The van der Waals surface area contributed by atoms with Crippen LogP contribution in [0.5, 0.6) is 5.75 Å². The third-order valence-corrected chi connectivity index (χ3v) is 4.42. The molecule has 1 heterocycles. The van der Waals surface area contributed by atoms with Gasteiger partial charge in [0.1, 0.15) is 17.4 Å².